The summed E-state index contributed by atoms with van der Waals surface area (Å²) in [5.41, 5.74) is -0.468. The molecule has 0 saturated heterocycles. The van der Waals surface area contributed by atoms with E-state index < -0.39 is 23.3 Å². The molecule has 0 aromatic heterocycles. The summed E-state index contributed by atoms with van der Waals surface area (Å²) < 4.78 is 5.11. The van der Waals surface area contributed by atoms with E-state index in [9.17, 15) is 14.7 Å². The van der Waals surface area contributed by atoms with Crippen LogP contribution in [0.4, 0.5) is 0 Å². The van der Waals surface area contributed by atoms with E-state index in [0.29, 0.717) is 16.1 Å². The number of rotatable bonds is 3. The second-order valence-corrected chi connectivity index (χ2v) is 6.20. The Bertz CT molecular complexity index is 784. The van der Waals surface area contributed by atoms with Gasteiger partial charge in [-0.15, -0.1) is 0 Å². The van der Waals surface area contributed by atoms with E-state index >= 15 is 0 Å². The van der Waals surface area contributed by atoms with Crippen molar-refractivity contribution in [3.63, 3.8) is 0 Å². The number of benzene rings is 2. The Balaban J connectivity index is 2.16. The average molecular weight is 345 g/mol. The van der Waals surface area contributed by atoms with Gasteiger partial charge in [0, 0.05) is 10.6 Å². The molecule has 0 heterocycles. The van der Waals surface area contributed by atoms with Crippen LogP contribution in [0.2, 0.25) is 5.02 Å². The maximum absolute atomic E-state index is 13.1. The number of esters is 1. The molecule has 0 spiro atoms. The Morgan fingerprint density at radius 3 is 2.58 bits per heavy atom. The molecule has 0 aliphatic heterocycles. The summed E-state index contributed by atoms with van der Waals surface area (Å²) >= 11 is 5.90. The molecule has 3 rings (SSSR count). The largest absolute Gasteiger partial charge is 0.466 e. The van der Waals surface area contributed by atoms with Crippen molar-refractivity contribution >= 4 is 23.4 Å². The standard InChI is InChI=1S/C19H17ClO4/c1-2-24-18(22)16-11-12-5-3-4-6-15(12)17(21)19(16,23)13-7-9-14(20)10-8-13/h3-10,16,23H,2,11H2,1H3/t16-,19+/m1/s1. The first kappa shape index (κ1) is 16.7. The van der Waals surface area contributed by atoms with Gasteiger partial charge in [-0.2, -0.15) is 0 Å². The second kappa shape index (κ2) is 6.38. The third-order valence-electron chi connectivity index (χ3n) is 4.39. The van der Waals surface area contributed by atoms with E-state index in [4.69, 9.17) is 16.3 Å². The minimum atomic E-state index is -1.97. The Morgan fingerprint density at radius 2 is 1.92 bits per heavy atom. The number of Topliss-reactive ketones (excluding diaryl/α,β-unsaturated/α-hetero) is 1. The second-order valence-electron chi connectivity index (χ2n) is 5.77. The number of hydrogen-bond donors (Lipinski definition) is 1. The van der Waals surface area contributed by atoms with Crippen molar-refractivity contribution in [1.29, 1.82) is 0 Å². The number of aliphatic hydroxyl groups is 1. The highest BCUT2D eigenvalue weighted by Gasteiger charge is 2.53. The van der Waals surface area contributed by atoms with E-state index in [1.165, 1.54) is 0 Å². The van der Waals surface area contributed by atoms with Gasteiger partial charge in [-0.25, -0.2) is 0 Å². The highest BCUT2D eigenvalue weighted by atomic mass is 35.5. The van der Waals surface area contributed by atoms with E-state index in [2.05, 4.69) is 0 Å². The van der Waals surface area contributed by atoms with Crippen molar-refractivity contribution in [1.82, 2.24) is 0 Å². The maximum Gasteiger partial charge on any atom is 0.313 e. The van der Waals surface area contributed by atoms with Gasteiger partial charge < -0.3 is 9.84 Å². The Hall–Kier alpha value is -2.17. The van der Waals surface area contributed by atoms with Crippen LogP contribution in [-0.4, -0.2) is 23.5 Å². The van der Waals surface area contributed by atoms with Gasteiger partial charge in [-0.3, -0.25) is 9.59 Å². The molecule has 1 aliphatic carbocycles. The number of carbonyl (C=O) groups is 2. The highest BCUT2D eigenvalue weighted by molar-refractivity contribution is 6.30. The molecule has 2 aromatic carbocycles. The lowest BCUT2D eigenvalue weighted by molar-refractivity contribution is -0.156. The number of fused-ring (bicyclic) bond motifs is 1. The zero-order chi connectivity index (χ0) is 17.3. The van der Waals surface area contributed by atoms with Crippen molar-refractivity contribution in [2.75, 3.05) is 6.61 Å². The summed E-state index contributed by atoms with van der Waals surface area (Å²) in [5, 5.41) is 11.8. The van der Waals surface area contributed by atoms with E-state index in [-0.39, 0.29) is 13.0 Å². The van der Waals surface area contributed by atoms with Crippen LogP contribution < -0.4 is 0 Å². The van der Waals surface area contributed by atoms with Crippen molar-refractivity contribution in [2.45, 2.75) is 18.9 Å². The fourth-order valence-corrected chi connectivity index (χ4v) is 3.31. The zero-order valence-corrected chi connectivity index (χ0v) is 13.9. The molecule has 4 nitrogen and oxygen atoms in total. The molecule has 0 fully saturated rings. The van der Waals surface area contributed by atoms with Crippen LogP contribution in [0.15, 0.2) is 48.5 Å². The number of halogens is 1. The summed E-state index contributed by atoms with van der Waals surface area (Å²) in [6, 6.07) is 13.3. The molecule has 5 heteroatoms. The van der Waals surface area contributed by atoms with Crippen molar-refractivity contribution in [3.05, 3.63) is 70.2 Å². The number of ether oxygens (including phenoxy) is 1. The Morgan fingerprint density at radius 1 is 1.25 bits per heavy atom. The van der Waals surface area contributed by atoms with Crippen LogP contribution in [0.3, 0.4) is 0 Å². The van der Waals surface area contributed by atoms with Crippen molar-refractivity contribution in [2.24, 2.45) is 5.92 Å². The lowest BCUT2D eigenvalue weighted by Gasteiger charge is -2.38. The Kier molecular flexibility index (Phi) is 4.43. The molecular formula is C19H17ClO4. The van der Waals surface area contributed by atoms with Crippen LogP contribution in [-0.2, 0) is 21.6 Å². The van der Waals surface area contributed by atoms with Crippen LogP contribution in [0.5, 0.6) is 0 Å². The van der Waals surface area contributed by atoms with Gasteiger partial charge in [-0.05, 0) is 36.6 Å². The van der Waals surface area contributed by atoms with Crippen LogP contribution in [0.1, 0.15) is 28.4 Å². The zero-order valence-electron chi connectivity index (χ0n) is 13.2. The molecule has 1 aliphatic rings. The Labute approximate surface area is 145 Å². The van der Waals surface area contributed by atoms with Gasteiger partial charge in [0.05, 0.1) is 6.61 Å². The normalized spacial score (nSPS) is 22.8. The van der Waals surface area contributed by atoms with Gasteiger partial charge in [-0.1, -0.05) is 48.0 Å². The summed E-state index contributed by atoms with van der Waals surface area (Å²) in [4.78, 5) is 25.5. The minimum Gasteiger partial charge on any atom is -0.466 e. The third kappa shape index (κ3) is 2.62. The molecule has 0 amide bonds. The molecule has 0 bridgehead atoms. The molecule has 0 radical (unpaired) electrons. The van der Waals surface area contributed by atoms with Gasteiger partial charge in [0.25, 0.3) is 0 Å². The van der Waals surface area contributed by atoms with E-state index in [1.54, 1.807) is 55.5 Å². The van der Waals surface area contributed by atoms with E-state index in [1.807, 2.05) is 0 Å². The smallest absolute Gasteiger partial charge is 0.313 e. The molecule has 24 heavy (non-hydrogen) atoms. The first-order valence-electron chi connectivity index (χ1n) is 7.76. The topological polar surface area (TPSA) is 63.6 Å². The predicted octanol–water partition coefficient (Wildman–Crippen LogP) is 3.15. The van der Waals surface area contributed by atoms with Gasteiger partial charge in [0.1, 0.15) is 5.92 Å². The number of hydrogen-bond acceptors (Lipinski definition) is 4. The van der Waals surface area contributed by atoms with Crippen LogP contribution in [0, 0.1) is 5.92 Å². The van der Waals surface area contributed by atoms with Crippen LogP contribution >= 0.6 is 11.6 Å². The number of ketones is 1. The third-order valence-corrected chi connectivity index (χ3v) is 4.64. The minimum absolute atomic E-state index is 0.182. The van der Waals surface area contributed by atoms with Gasteiger partial charge >= 0.3 is 5.97 Å². The first-order chi connectivity index (χ1) is 11.5. The fraction of sp³-hybridized carbons (Fsp3) is 0.263. The van der Waals surface area contributed by atoms with Gasteiger partial charge in [0.15, 0.2) is 11.4 Å². The predicted molar refractivity (Wildman–Crippen MR) is 89.9 cm³/mol. The SMILES string of the molecule is CCOC(=O)[C@H]1Cc2ccccc2C(=O)[C@]1(O)c1ccc(Cl)cc1. The lowest BCUT2D eigenvalue weighted by atomic mass is 9.68. The van der Waals surface area contributed by atoms with Crippen LogP contribution in [0.25, 0.3) is 0 Å². The molecule has 124 valence electrons. The molecule has 0 saturated carbocycles. The summed E-state index contributed by atoms with van der Waals surface area (Å²) in [7, 11) is 0. The maximum atomic E-state index is 13.1. The molecular weight excluding hydrogens is 328 g/mol. The van der Waals surface area contributed by atoms with Gasteiger partial charge in [0.2, 0.25) is 0 Å². The quantitative estimate of drug-likeness (QED) is 0.869. The monoisotopic (exact) mass is 344 g/mol. The first-order valence-corrected chi connectivity index (χ1v) is 8.14. The van der Waals surface area contributed by atoms with Crippen molar-refractivity contribution < 1.29 is 19.4 Å². The summed E-state index contributed by atoms with van der Waals surface area (Å²) in [6.45, 7) is 1.87. The highest BCUT2D eigenvalue weighted by Crippen LogP contribution is 2.41. The lowest BCUT2D eigenvalue weighted by Crippen LogP contribution is -2.51. The summed E-state index contributed by atoms with van der Waals surface area (Å²) in [6.07, 6.45) is 0.236. The average Bonchev–Trinajstić information content (AvgIpc) is 2.59. The van der Waals surface area contributed by atoms with E-state index in [0.717, 1.165) is 5.56 Å². The number of carbonyl (C=O) groups excluding carboxylic acids is 2. The molecule has 0 unspecified atom stereocenters. The van der Waals surface area contributed by atoms with Crippen molar-refractivity contribution in [3.8, 4) is 0 Å². The molecule has 2 atom stereocenters. The molecule has 1 N–H and O–H groups in total. The fourth-order valence-electron chi connectivity index (χ4n) is 3.18. The summed E-state index contributed by atoms with van der Waals surface area (Å²) in [5.74, 6) is -2.08. The molecule has 2 aromatic rings.